The molecule has 0 aromatic rings. The van der Waals surface area contributed by atoms with Gasteiger partial charge in [-0.05, 0) is 40.0 Å². The zero-order chi connectivity index (χ0) is 10.7. The van der Waals surface area contributed by atoms with Crippen LogP contribution in [0.2, 0.25) is 0 Å². The first-order valence-electron chi connectivity index (χ1n) is 5.29. The summed E-state index contributed by atoms with van der Waals surface area (Å²) < 4.78 is 0. The predicted octanol–water partition coefficient (Wildman–Crippen LogP) is -0.812. The second kappa shape index (κ2) is 5.07. The third-order valence-corrected chi connectivity index (χ3v) is 3.14. The molecule has 0 bridgehead atoms. The Morgan fingerprint density at radius 3 is 2.57 bits per heavy atom. The van der Waals surface area contributed by atoms with Gasteiger partial charge < -0.3 is 20.6 Å². The Morgan fingerprint density at radius 1 is 1.57 bits per heavy atom. The van der Waals surface area contributed by atoms with Crippen molar-refractivity contribution < 1.29 is 5.11 Å². The smallest absolute Gasteiger partial charge is 0.0820 e. The van der Waals surface area contributed by atoms with Gasteiger partial charge in [-0.25, -0.2) is 0 Å². The molecule has 84 valence electrons. The minimum absolute atomic E-state index is 0.199. The summed E-state index contributed by atoms with van der Waals surface area (Å²) in [4.78, 5) is 4.41. The molecule has 1 fully saturated rings. The Kier molecular flexibility index (Phi) is 4.31. The Labute approximate surface area is 86.7 Å². The molecule has 3 N–H and O–H groups in total. The normalized spacial score (nSPS) is 28.3. The second-order valence-corrected chi connectivity index (χ2v) is 4.57. The number of likely N-dealkylation sites (tertiary alicyclic amines) is 1. The summed E-state index contributed by atoms with van der Waals surface area (Å²) in [6, 6.07) is 0.199. The lowest BCUT2D eigenvalue weighted by Gasteiger charge is -2.33. The van der Waals surface area contributed by atoms with E-state index in [1.165, 1.54) is 0 Å². The van der Waals surface area contributed by atoms with E-state index in [0.717, 1.165) is 19.5 Å². The first-order chi connectivity index (χ1) is 6.56. The number of nitrogens with zero attached hydrogens (tertiary/aromatic N) is 2. The van der Waals surface area contributed by atoms with Gasteiger partial charge in [-0.3, -0.25) is 0 Å². The van der Waals surface area contributed by atoms with Crippen LogP contribution in [-0.4, -0.2) is 67.8 Å². The van der Waals surface area contributed by atoms with E-state index in [1.54, 1.807) is 0 Å². The number of aliphatic hydroxyl groups is 1. The Balaban J connectivity index is 2.58. The molecule has 1 saturated heterocycles. The fraction of sp³-hybridized carbons (Fsp3) is 1.00. The van der Waals surface area contributed by atoms with E-state index >= 15 is 0 Å². The first-order valence-corrected chi connectivity index (χ1v) is 5.29. The van der Waals surface area contributed by atoms with Gasteiger partial charge in [0.05, 0.1) is 6.10 Å². The van der Waals surface area contributed by atoms with Crippen molar-refractivity contribution in [3.05, 3.63) is 0 Å². The van der Waals surface area contributed by atoms with E-state index < -0.39 is 6.10 Å². The van der Waals surface area contributed by atoms with E-state index in [4.69, 9.17) is 5.73 Å². The molecule has 0 saturated carbocycles. The molecule has 1 aliphatic heterocycles. The molecule has 0 amide bonds. The summed E-state index contributed by atoms with van der Waals surface area (Å²) in [6.07, 6.45) is 0.762. The Morgan fingerprint density at radius 2 is 2.21 bits per heavy atom. The average Bonchev–Trinajstić information content (AvgIpc) is 2.51. The van der Waals surface area contributed by atoms with Crippen molar-refractivity contribution in [1.82, 2.24) is 9.80 Å². The molecule has 1 heterocycles. The largest absolute Gasteiger partial charge is 0.390 e. The number of hydrogen-bond donors (Lipinski definition) is 2. The van der Waals surface area contributed by atoms with Gasteiger partial charge in [-0.15, -0.1) is 0 Å². The summed E-state index contributed by atoms with van der Waals surface area (Å²) in [5.74, 6) is 0.550. The molecule has 3 unspecified atom stereocenters. The highest BCUT2D eigenvalue weighted by Crippen LogP contribution is 2.23. The van der Waals surface area contributed by atoms with Crippen LogP contribution in [0.5, 0.6) is 0 Å². The number of hydrogen-bond acceptors (Lipinski definition) is 4. The van der Waals surface area contributed by atoms with E-state index in [-0.39, 0.29) is 6.04 Å². The SMILES string of the molecule is CN1CCC(C(C(O)CN)N(C)C)C1. The zero-order valence-corrected chi connectivity index (χ0v) is 9.48. The lowest BCUT2D eigenvalue weighted by atomic mass is 9.93. The first kappa shape index (κ1) is 11.9. The number of rotatable bonds is 4. The van der Waals surface area contributed by atoms with E-state index in [2.05, 4.69) is 16.8 Å². The van der Waals surface area contributed by atoms with Gasteiger partial charge >= 0.3 is 0 Å². The molecule has 4 nitrogen and oxygen atoms in total. The van der Waals surface area contributed by atoms with Gasteiger partial charge in [0.2, 0.25) is 0 Å². The fourth-order valence-corrected chi connectivity index (χ4v) is 2.47. The van der Waals surface area contributed by atoms with Gasteiger partial charge in [-0.2, -0.15) is 0 Å². The second-order valence-electron chi connectivity index (χ2n) is 4.57. The molecule has 0 spiro atoms. The predicted molar refractivity (Wildman–Crippen MR) is 58.1 cm³/mol. The fourth-order valence-electron chi connectivity index (χ4n) is 2.47. The Bertz CT molecular complexity index is 175. The van der Waals surface area contributed by atoms with Crippen molar-refractivity contribution in [2.45, 2.75) is 18.6 Å². The lowest BCUT2D eigenvalue weighted by molar-refractivity contribution is 0.0495. The van der Waals surface area contributed by atoms with Gasteiger partial charge in [0, 0.05) is 19.1 Å². The van der Waals surface area contributed by atoms with Crippen LogP contribution in [-0.2, 0) is 0 Å². The maximum absolute atomic E-state index is 9.85. The monoisotopic (exact) mass is 201 g/mol. The molecule has 1 rings (SSSR count). The highest BCUT2D eigenvalue weighted by atomic mass is 16.3. The van der Waals surface area contributed by atoms with Gasteiger partial charge in [0.25, 0.3) is 0 Å². The minimum Gasteiger partial charge on any atom is -0.390 e. The summed E-state index contributed by atoms with van der Waals surface area (Å²) in [6.45, 7) is 2.55. The molecule has 14 heavy (non-hydrogen) atoms. The van der Waals surface area contributed by atoms with Crippen molar-refractivity contribution in [1.29, 1.82) is 0 Å². The standard InChI is InChI=1S/C10H23N3O/c1-12(2)10(9(14)6-11)8-4-5-13(3)7-8/h8-10,14H,4-7,11H2,1-3H3. The van der Waals surface area contributed by atoms with Crippen LogP contribution in [0.1, 0.15) is 6.42 Å². The summed E-state index contributed by atoms with van der Waals surface area (Å²) in [5.41, 5.74) is 5.52. The van der Waals surface area contributed by atoms with Gasteiger partial charge in [-0.1, -0.05) is 0 Å². The topological polar surface area (TPSA) is 52.7 Å². The van der Waals surface area contributed by atoms with Crippen LogP contribution in [0.3, 0.4) is 0 Å². The van der Waals surface area contributed by atoms with Crippen molar-refractivity contribution in [3.63, 3.8) is 0 Å². The maximum Gasteiger partial charge on any atom is 0.0820 e. The third-order valence-electron chi connectivity index (χ3n) is 3.14. The number of aliphatic hydroxyl groups excluding tert-OH is 1. The molecular formula is C10H23N3O. The Hall–Kier alpha value is -0.160. The maximum atomic E-state index is 9.85. The van der Waals surface area contributed by atoms with Gasteiger partial charge in [0.15, 0.2) is 0 Å². The van der Waals surface area contributed by atoms with Crippen molar-refractivity contribution in [3.8, 4) is 0 Å². The highest BCUT2D eigenvalue weighted by molar-refractivity contribution is 4.88. The van der Waals surface area contributed by atoms with Crippen LogP contribution >= 0.6 is 0 Å². The van der Waals surface area contributed by atoms with E-state index in [1.807, 2.05) is 14.1 Å². The van der Waals surface area contributed by atoms with Crippen molar-refractivity contribution in [2.75, 3.05) is 40.8 Å². The van der Waals surface area contributed by atoms with Crippen LogP contribution in [0.15, 0.2) is 0 Å². The molecule has 0 aliphatic carbocycles. The summed E-state index contributed by atoms with van der Waals surface area (Å²) in [7, 11) is 6.16. The average molecular weight is 201 g/mol. The minimum atomic E-state index is -0.401. The molecule has 1 aliphatic rings. The third kappa shape index (κ3) is 2.67. The summed E-state index contributed by atoms with van der Waals surface area (Å²) >= 11 is 0. The van der Waals surface area contributed by atoms with E-state index in [0.29, 0.717) is 12.5 Å². The molecule has 0 radical (unpaired) electrons. The van der Waals surface area contributed by atoms with Crippen LogP contribution < -0.4 is 5.73 Å². The van der Waals surface area contributed by atoms with Crippen molar-refractivity contribution in [2.24, 2.45) is 11.7 Å². The molecule has 0 aromatic carbocycles. The van der Waals surface area contributed by atoms with Gasteiger partial charge in [0.1, 0.15) is 0 Å². The number of nitrogens with two attached hydrogens (primary N) is 1. The van der Waals surface area contributed by atoms with Crippen molar-refractivity contribution >= 4 is 0 Å². The van der Waals surface area contributed by atoms with Crippen LogP contribution in [0.4, 0.5) is 0 Å². The molecule has 3 atom stereocenters. The lowest BCUT2D eigenvalue weighted by Crippen LogP contribution is -2.48. The summed E-state index contributed by atoms with van der Waals surface area (Å²) in [5, 5.41) is 9.85. The highest BCUT2D eigenvalue weighted by Gasteiger charge is 2.33. The molecule has 0 aromatic heterocycles. The molecule has 4 heteroatoms. The van der Waals surface area contributed by atoms with Crippen LogP contribution in [0.25, 0.3) is 0 Å². The van der Waals surface area contributed by atoms with Crippen LogP contribution in [0, 0.1) is 5.92 Å². The molecular weight excluding hydrogens is 178 g/mol. The number of likely N-dealkylation sites (N-methyl/N-ethyl adjacent to an activating group) is 1. The zero-order valence-electron chi connectivity index (χ0n) is 9.48. The van der Waals surface area contributed by atoms with E-state index in [9.17, 15) is 5.11 Å². The quantitative estimate of drug-likeness (QED) is 0.624.